The molecule has 15 heavy (non-hydrogen) atoms. The summed E-state index contributed by atoms with van der Waals surface area (Å²) >= 11 is 0. The number of rotatable bonds is 5. The summed E-state index contributed by atoms with van der Waals surface area (Å²) in [6.45, 7) is 8.49. The van der Waals surface area contributed by atoms with Crippen LogP contribution in [0.3, 0.4) is 0 Å². The number of hydrogen-bond acceptors (Lipinski definition) is 3. The quantitative estimate of drug-likeness (QED) is 0.738. The zero-order chi connectivity index (χ0) is 11.3. The van der Waals surface area contributed by atoms with Gasteiger partial charge in [0.2, 0.25) is 0 Å². The molecule has 0 spiro atoms. The molecule has 0 bridgehead atoms. The zero-order valence-electron chi connectivity index (χ0n) is 9.78. The molecule has 1 aliphatic heterocycles. The number of likely N-dealkylation sites (N-methyl/N-ethyl adjacent to an activating group) is 1. The van der Waals surface area contributed by atoms with E-state index in [1.54, 1.807) is 0 Å². The van der Waals surface area contributed by atoms with Gasteiger partial charge in [-0.1, -0.05) is 13.8 Å². The summed E-state index contributed by atoms with van der Waals surface area (Å²) in [6, 6.07) is 0.549. The Morgan fingerprint density at radius 1 is 1.47 bits per heavy atom. The Labute approximate surface area is 91.9 Å². The van der Waals surface area contributed by atoms with Crippen molar-refractivity contribution in [2.45, 2.75) is 32.7 Å². The third-order valence-corrected chi connectivity index (χ3v) is 3.17. The monoisotopic (exact) mass is 214 g/mol. The van der Waals surface area contributed by atoms with Crippen molar-refractivity contribution < 1.29 is 9.90 Å². The first-order chi connectivity index (χ1) is 7.17. The third kappa shape index (κ3) is 3.80. The summed E-state index contributed by atoms with van der Waals surface area (Å²) in [5.74, 6) is -0.713. The summed E-state index contributed by atoms with van der Waals surface area (Å²) in [5, 5.41) is 8.75. The number of piperidine rings is 1. The first-order valence-electron chi connectivity index (χ1n) is 5.85. The number of likely N-dealkylation sites (tertiary alicyclic amines) is 1. The smallest absolute Gasteiger partial charge is 0.317 e. The lowest BCUT2D eigenvalue weighted by Crippen LogP contribution is -2.49. The number of carbonyl (C=O) groups is 1. The largest absolute Gasteiger partial charge is 0.480 e. The Kier molecular flexibility index (Phi) is 5.05. The minimum absolute atomic E-state index is 0.192. The van der Waals surface area contributed by atoms with Crippen LogP contribution in [0.2, 0.25) is 0 Å². The van der Waals surface area contributed by atoms with Crippen LogP contribution in [0.5, 0.6) is 0 Å². The predicted molar refractivity (Wildman–Crippen MR) is 60.0 cm³/mol. The molecule has 0 aromatic carbocycles. The van der Waals surface area contributed by atoms with Crippen LogP contribution in [0, 0.1) is 0 Å². The molecule has 0 aromatic rings. The molecule has 88 valence electrons. The average molecular weight is 214 g/mol. The van der Waals surface area contributed by atoms with Gasteiger partial charge >= 0.3 is 5.97 Å². The van der Waals surface area contributed by atoms with E-state index in [0.717, 1.165) is 32.6 Å². The number of nitrogens with zero attached hydrogens (tertiary/aromatic N) is 2. The van der Waals surface area contributed by atoms with Crippen molar-refractivity contribution in [3.05, 3.63) is 0 Å². The minimum Gasteiger partial charge on any atom is -0.480 e. The molecular formula is C11H22N2O2. The van der Waals surface area contributed by atoms with Crippen LogP contribution < -0.4 is 0 Å². The van der Waals surface area contributed by atoms with E-state index in [1.165, 1.54) is 6.42 Å². The van der Waals surface area contributed by atoms with Gasteiger partial charge in [0.1, 0.15) is 0 Å². The fourth-order valence-corrected chi connectivity index (χ4v) is 2.40. The highest BCUT2D eigenvalue weighted by atomic mass is 16.4. The fraction of sp³-hybridized carbons (Fsp3) is 0.909. The molecule has 1 rings (SSSR count). The van der Waals surface area contributed by atoms with E-state index < -0.39 is 5.97 Å². The maximum absolute atomic E-state index is 10.6. The molecule has 1 heterocycles. The van der Waals surface area contributed by atoms with E-state index >= 15 is 0 Å². The van der Waals surface area contributed by atoms with Gasteiger partial charge in [-0.2, -0.15) is 0 Å². The van der Waals surface area contributed by atoms with Gasteiger partial charge in [0.15, 0.2) is 0 Å². The molecule has 4 nitrogen and oxygen atoms in total. The van der Waals surface area contributed by atoms with Crippen molar-refractivity contribution in [3.63, 3.8) is 0 Å². The van der Waals surface area contributed by atoms with Gasteiger partial charge < -0.3 is 5.11 Å². The molecule has 1 unspecified atom stereocenters. The van der Waals surface area contributed by atoms with E-state index in [2.05, 4.69) is 23.6 Å². The van der Waals surface area contributed by atoms with E-state index in [0.29, 0.717) is 6.04 Å². The second kappa shape index (κ2) is 6.08. The Morgan fingerprint density at radius 3 is 2.67 bits per heavy atom. The van der Waals surface area contributed by atoms with Crippen molar-refractivity contribution in [1.29, 1.82) is 0 Å². The predicted octanol–water partition coefficient (Wildman–Crippen LogP) is 0.877. The van der Waals surface area contributed by atoms with E-state index in [1.807, 2.05) is 0 Å². The van der Waals surface area contributed by atoms with Crippen LogP contribution in [0.4, 0.5) is 0 Å². The molecule has 1 aliphatic rings. The second-order valence-corrected chi connectivity index (χ2v) is 4.15. The van der Waals surface area contributed by atoms with Gasteiger partial charge in [-0.15, -0.1) is 0 Å². The van der Waals surface area contributed by atoms with Crippen LogP contribution in [-0.2, 0) is 4.79 Å². The van der Waals surface area contributed by atoms with Crippen molar-refractivity contribution in [2.75, 3.05) is 32.7 Å². The van der Waals surface area contributed by atoms with Crippen LogP contribution in [-0.4, -0.2) is 59.6 Å². The highest BCUT2D eigenvalue weighted by molar-refractivity contribution is 5.69. The number of carboxylic acid groups (broad SMARTS) is 1. The Bertz CT molecular complexity index is 205. The van der Waals surface area contributed by atoms with Crippen molar-refractivity contribution in [3.8, 4) is 0 Å². The second-order valence-electron chi connectivity index (χ2n) is 4.15. The van der Waals surface area contributed by atoms with Crippen LogP contribution in [0.15, 0.2) is 0 Å². The highest BCUT2D eigenvalue weighted by Gasteiger charge is 2.24. The Morgan fingerprint density at radius 2 is 2.13 bits per heavy atom. The van der Waals surface area contributed by atoms with Gasteiger partial charge in [0.05, 0.1) is 6.54 Å². The van der Waals surface area contributed by atoms with Crippen molar-refractivity contribution in [1.82, 2.24) is 9.80 Å². The summed E-state index contributed by atoms with van der Waals surface area (Å²) in [5.41, 5.74) is 0. The van der Waals surface area contributed by atoms with Crippen molar-refractivity contribution in [2.24, 2.45) is 0 Å². The molecule has 1 saturated heterocycles. The van der Waals surface area contributed by atoms with E-state index in [9.17, 15) is 4.79 Å². The van der Waals surface area contributed by atoms with Gasteiger partial charge in [-0.25, -0.2) is 0 Å². The Hall–Kier alpha value is -0.610. The molecule has 0 radical (unpaired) electrons. The molecule has 0 aromatic heterocycles. The SMILES string of the molecule is CCN(CC)C1CCCN(CC(=O)O)C1. The third-order valence-electron chi connectivity index (χ3n) is 3.17. The molecule has 0 amide bonds. The maximum atomic E-state index is 10.6. The zero-order valence-corrected chi connectivity index (χ0v) is 9.78. The molecule has 1 fully saturated rings. The van der Waals surface area contributed by atoms with Gasteiger partial charge in [0, 0.05) is 12.6 Å². The normalized spacial score (nSPS) is 23.3. The molecule has 0 saturated carbocycles. The van der Waals surface area contributed by atoms with E-state index in [-0.39, 0.29) is 6.54 Å². The topological polar surface area (TPSA) is 43.8 Å². The van der Waals surface area contributed by atoms with E-state index in [4.69, 9.17) is 5.11 Å². The standard InChI is InChI=1S/C11H22N2O2/c1-3-13(4-2)10-6-5-7-12(8-10)9-11(14)15/h10H,3-9H2,1-2H3,(H,14,15). The van der Waals surface area contributed by atoms with Gasteiger partial charge in [-0.3, -0.25) is 14.6 Å². The highest BCUT2D eigenvalue weighted by Crippen LogP contribution is 2.15. The van der Waals surface area contributed by atoms with Crippen LogP contribution in [0.1, 0.15) is 26.7 Å². The lowest BCUT2D eigenvalue weighted by molar-refractivity contribution is -0.138. The minimum atomic E-state index is -0.713. The number of aliphatic carboxylic acids is 1. The summed E-state index contributed by atoms with van der Waals surface area (Å²) in [4.78, 5) is 15.1. The average Bonchev–Trinajstić information content (AvgIpc) is 2.19. The summed E-state index contributed by atoms with van der Waals surface area (Å²) in [7, 11) is 0. The molecular weight excluding hydrogens is 192 g/mol. The van der Waals surface area contributed by atoms with Crippen LogP contribution in [0.25, 0.3) is 0 Å². The number of carboxylic acids is 1. The molecule has 4 heteroatoms. The number of hydrogen-bond donors (Lipinski definition) is 1. The first-order valence-corrected chi connectivity index (χ1v) is 5.85. The molecule has 1 N–H and O–H groups in total. The summed E-state index contributed by atoms with van der Waals surface area (Å²) in [6.07, 6.45) is 2.33. The lowest BCUT2D eigenvalue weighted by atomic mass is 10.0. The lowest BCUT2D eigenvalue weighted by Gasteiger charge is -2.37. The fourth-order valence-electron chi connectivity index (χ4n) is 2.40. The molecule has 0 aliphatic carbocycles. The molecule has 1 atom stereocenters. The van der Waals surface area contributed by atoms with Gasteiger partial charge in [0.25, 0.3) is 0 Å². The van der Waals surface area contributed by atoms with Crippen LogP contribution >= 0.6 is 0 Å². The maximum Gasteiger partial charge on any atom is 0.317 e. The van der Waals surface area contributed by atoms with Crippen molar-refractivity contribution >= 4 is 5.97 Å². The first kappa shape index (κ1) is 12.5. The van der Waals surface area contributed by atoms with Gasteiger partial charge in [-0.05, 0) is 32.5 Å². The summed E-state index contributed by atoms with van der Waals surface area (Å²) < 4.78 is 0. The Balaban J connectivity index is 2.44.